The van der Waals surface area contributed by atoms with Crippen LogP contribution in [0.5, 0.6) is 0 Å². The van der Waals surface area contributed by atoms with E-state index in [4.69, 9.17) is 4.74 Å². The summed E-state index contributed by atoms with van der Waals surface area (Å²) in [6, 6.07) is 13.4. The van der Waals surface area contributed by atoms with E-state index < -0.39 is 17.8 Å². The molecule has 24 heavy (non-hydrogen) atoms. The predicted molar refractivity (Wildman–Crippen MR) is 90.8 cm³/mol. The van der Waals surface area contributed by atoms with Gasteiger partial charge in [-0.1, -0.05) is 29.8 Å². The minimum absolute atomic E-state index is 0.191. The molecule has 6 nitrogen and oxygen atoms in total. The maximum absolute atomic E-state index is 12.0. The molecule has 2 aromatic rings. The second-order valence-electron chi connectivity index (χ2n) is 5.04. The van der Waals surface area contributed by atoms with Gasteiger partial charge in [0.2, 0.25) is 0 Å². The molecule has 0 saturated heterocycles. The van der Waals surface area contributed by atoms with E-state index in [-0.39, 0.29) is 17.9 Å². The average Bonchev–Trinajstić information content (AvgIpc) is 2.57. The lowest BCUT2D eigenvalue weighted by molar-refractivity contribution is -0.133. The molecule has 0 aliphatic rings. The van der Waals surface area contributed by atoms with E-state index in [0.717, 1.165) is 5.56 Å². The Kier molecular flexibility index (Phi) is 5.68. The number of benzene rings is 2. The van der Waals surface area contributed by atoms with Crippen molar-refractivity contribution in [2.24, 2.45) is 0 Å². The van der Waals surface area contributed by atoms with Crippen molar-refractivity contribution in [3.8, 4) is 0 Å². The molecule has 2 amide bonds. The van der Waals surface area contributed by atoms with Crippen LogP contribution in [-0.2, 0) is 14.3 Å². The number of anilines is 2. The first-order chi connectivity index (χ1) is 11.5. The maximum Gasteiger partial charge on any atom is 0.340 e. The lowest BCUT2D eigenvalue weighted by Crippen LogP contribution is -2.29. The number of amides is 2. The van der Waals surface area contributed by atoms with Crippen molar-refractivity contribution in [2.75, 3.05) is 17.2 Å². The fourth-order valence-corrected chi connectivity index (χ4v) is 1.98. The zero-order chi connectivity index (χ0) is 17.5. The van der Waals surface area contributed by atoms with Gasteiger partial charge < -0.3 is 15.4 Å². The molecular weight excluding hydrogens is 308 g/mol. The topological polar surface area (TPSA) is 84.5 Å². The number of rotatable bonds is 4. The number of para-hydroxylation sites is 1. The van der Waals surface area contributed by atoms with Crippen LogP contribution in [0.1, 0.15) is 22.8 Å². The summed E-state index contributed by atoms with van der Waals surface area (Å²) in [7, 11) is 0. The first-order valence-electron chi connectivity index (χ1n) is 7.46. The van der Waals surface area contributed by atoms with Crippen molar-refractivity contribution in [1.29, 1.82) is 0 Å². The highest BCUT2D eigenvalue weighted by Crippen LogP contribution is 2.16. The first kappa shape index (κ1) is 17.2. The van der Waals surface area contributed by atoms with Crippen LogP contribution in [0.2, 0.25) is 0 Å². The van der Waals surface area contributed by atoms with Gasteiger partial charge in [0.05, 0.1) is 17.9 Å². The van der Waals surface area contributed by atoms with Crippen LogP contribution in [0.25, 0.3) is 0 Å². The van der Waals surface area contributed by atoms with E-state index >= 15 is 0 Å². The molecule has 0 aliphatic carbocycles. The average molecular weight is 326 g/mol. The molecule has 6 heteroatoms. The fraction of sp³-hybridized carbons (Fsp3) is 0.167. The highest BCUT2D eigenvalue weighted by Gasteiger charge is 2.18. The molecule has 0 saturated carbocycles. The van der Waals surface area contributed by atoms with E-state index in [1.54, 1.807) is 31.2 Å². The highest BCUT2D eigenvalue weighted by atomic mass is 16.5. The minimum atomic E-state index is -0.868. The first-order valence-corrected chi connectivity index (χ1v) is 7.46. The minimum Gasteiger partial charge on any atom is -0.462 e. The lowest BCUT2D eigenvalue weighted by Gasteiger charge is -2.10. The largest absolute Gasteiger partial charge is 0.462 e. The summed E-state index contributed by atoms with van der Waals surface area (Å²) < 4.78 is 4.93. The van der Waals surface area contributed by atoms with Gasteiger partial charge in [-0.25, -0.2) is 4.79 Å². The van der Waals surface area contributed by atoms with Gasteiger partial charge in [0, 0.05) is 5.69 Å². The Morgan fingerprint density at radius 3 is 2.21 bits per heavy atom. The molecule has 2 aromatic carbocycles. The SMILES string of the molecule is CCOC(=O)c1ccccc1NC(=O)C(=O)Nc1ccc(C)cc1. The molecule has 0 aliphatic heterocycles. The Morgan fingerprint density at radius 2 is 1.54 bits per heavy atom. The Bertz CT molecular complexity index is 754. The van der Waals surface area contributed by atoms with Crippen LogP contribution in [0, 0.1) is 6.92 Å². The zero-order valence-corrected chi connectivity index (χ0v) is 13.5. The fourth-order valence-electron chi connectivity index (χ4n) is 1.98. The summed E-state index contributed by atoms with van der Waals surface area (Å²) in [5.41, 5.74) is 1.97. The van der Waals surface area contributed by atoms with Crippen molar-refractivity contribution in [2.45, 2.75) is 13.8 Å². The van der Waals surface area contributed by atoms with Crippen molar-refractivity contribution in [3.05, 3.63) is 59.7 Å². The van der Waals surface area contributed by atoms with E-state index in [0.29, 0.717) is 5.69 Å². The Labute approximate surface area is 139 Å². The third kappa shape index (κ3) is 4.42. The normalized spacial score (nSPS) is 9.92. The molecular formula is C18H18N2O4. The maximum atomic E-state index is 12.0. The molecule has 0 aromatic heterocycles. The lowest BCUT2D eigenvalue weighted by atomic mass is 10.2. The number of aryl methyl sites for hydroxylation is 1. The number of ether oxygens (including phenoxy) is 1. The van der Waals surface area contributed by atoms with Crippen molar-refractivity contribution >= 4 is 29.2 Å². The van der Waals surface area contributed by atoms with Gasteiger partial charge in [-0.05, 0) is 38.1 Å². The summed E-state index contributed by atoms with van der Waals surface area (Å²) in [4.78, 5) is 35.9. The number of nitrogens with one attached hydrogen (secondary N) is 2. The number of hydrogen-bond acceptors (Lipinski definition) is 4. The second-order valence-corrected chi connectivity index (χ2v) is 5.04. The van der Waals surface area contributed by atoms with Gasteiger partial charge in [-0.15, -0.1) is 0 Å². The smallest absolute Gasteiger partial charge is 0.340 e. The molecule has 2 N–H and O–H groups in total. The van der Waals surface area contributed by atoms with Crippen molar-refractivity contribution < 1.29 is 19.1 Å². The number of hydrogen-bond donors (Lipinski definition) is 2. The summed E-state index contributed by atoms with van der Waals surface area (Å²) in [6.45, 7) is 3.83. The predicted octanol–water partition coefficient (Wildman–Crippen LogP) is 2.75. The molecule has 0 heterocycles. The van der Waals surface area contributed by atoms with Crippen LogP contribution in [0.3, 0.4) is 0 Å². The van der Waals surface area contributed by atoms with Gasteiger partial charge in [-0.2, -0.15) is 0 Å². The summed E-state index contributed by atoms with van der Waals surface area (Å²) in [5, 5.41) is 4.93. The summed E-state index contributed by atoms with van der Waals surface area (Å²) >= 11 is 0. The van der Waals surface area contributed by atoms with Crippen LogP contribution in [0.4, 0.5) is 11.4 Å². The van der Waals surface area contributed by atoms with Gasteiger partial charge in [0.15, 0.2) is 0 Å². The van der Waals surface area contributed by atoms with E-state index in [2.05, 4.69) is 10.6 Å². The molecule has 0 bridgehead atoms. The van der Waals surface area contributed by atoms with Crippen molar-refractivity contribution in [1.82, 2.24) is 0 Å². The third-order valence-electron chi connectivity index (χ3n) is 3.19. The van der Waals surface area contributed by atoms with E-state index in [1.807, 2.05) is 19.1 Å². The van der Waals surface area contributed by atoms with Crippen molar-refractivity contribution in [3.63, 3.8) is 0 Å². The molecule has 2 rings (SSSR count). The second kappa shape index (κ2) is 7.92. The van der Waals surface area contributed by atoms with Crippen LogP contribution < -0.4 is 10.6 Å². The van der Waals surface area contributed by atoms with Gasteiger partial charge >= 0.3 is 17.8 Å². The zero-order valence-electron chi connectivity index (χ0n) is 13.5. The Balaban J connectivity index is 2.07. The Morgan fingerprint density at radius 1 is 0.917 bits per heavy atom. The highest BCUT2D eigenvalue weighted by molar-refractivity contribution is 6.43. The third-order valence-corrected chi connectivity index (χ3v) is 3.19. The van der Waals surface area contributed by atoms with Crippen LogP contribution >= 0.6 is 0 Å². The van der Waals surface area contributed by atoms with E-state index in [1.165, 1.54) is 12.1 Å². The standard InChI is InChI=1S/C18H18N2O4/c1-3-24-18(23)14-6-4-5-7-15(14)20-17(22)16(21)19-13-10-8-12(2)9-11-13/h4-11H,3H2,1-2H3,(H,19,21)(H,20,22). The quantitative estimate of drug-likeness (QED) is 0.668. The van der Waals surface area contributed by atoms with Gasteiger partial charge in [-0.3, -0.25) is 9.59 Å². The van der Waals surface area contributed by atoms with E-state index in [9.17, 15) is 14.4 Å². The summed E-state index contributed by atoms with van der Waals surface area (Å²) in [6.07, 6.45) is 0. The molecule has 0 fully saturated rings. The Hall–Kier alpha value is -3.15. The van der Waals surface area contributed by atoms with Crippen LogP contribution in [-0.4, -0.2) is 24.4 Å². The molecule has 0 unspecified atom stereocenters. The molecule has 0 spiro atoms. The number of carbonyl (C=O) groups is 3. The number of carbonyl (C=O) groups excluding carboxylic acids is 3. The molecule has 0 radical (unpaired) electrons. The monoisotopic (exact) mass is 326 g/mol. The molecule has 124 valence electrons. The van der Waals surface area contributed by atoms with Gasteiger partial charge in [0.25, 0.3) is 0 Å². The number of esters is 1. The summed E-state index contributed by atoms with van der Waals surface area (Å²) in [5.74, 6) is -2.25. The molecule has 0 atom stereocenters. The van der Waals surface area contributed by atoms with Crippen LogP contribution in [0.15, 0.2) is 48.5 Å². The van der Waals surface area contributed by atoms with Gasteiger partial charge in [0.1, 0.15) is 0 Å².